The van der Waals surface area contributed by atoms with E-state index in [1.54, 1.807) is 0 Å². The van der Waals surface area contributed by atoms with Gasteiger partial charge in [0.2, 0.25) is 0 Å². The Morgan fingerprint density at radius 1 is 0.489 bits per heavy atom. The number of aliphatic imine (C=N–C) groups is 1. The van der Waals surface area contributed by atoms with E-state index in [0.717, 1.165) is 83.3 Å². The molecule has 5 aromatic heterocycles. The molecule has 0 spiro atoms. The summed E-state index contributed by atoms with van der Waals surface area (Å²) in [5, 5.41) is 5.60. The molecule has 0 unspecified atom stereocenters. The molecule has 0 fully saturated rings. The molecular formula is C41H28N6. The summed E-state index contributed by atoms with van der Waals surface area (Å²) in [5.41, 5.74) is 14.3. The number of aromatic nitrogens is 5. The predicted octanol–water partition coefficient (Wildman–Crippen LogP) is 8.53. The number of hydrogen-bond donors (Lipinski definition) is 5. The number of fused-ring (bicyclic) bond motifs is 4. The smallest absolute Gasteiger partial charge is 0.0709 e. The van der Waals surface area contributed by atoms with Gasteiger partial charge in [-0.2, -0.15) is 0 Å². The van der Waals surface area contributed by atoms with E-state index < -0.39 is 0 Å². The van der Waals surface area contributed by atoms with E-state index in [9.17, 15) is 0 Å². The Bertz CT molecular complexity index is 2810. The van der Waals surface area contributed by atoms with Gasteiger partial charge in [-0.25, -0.2) is 0 Å². The second-order valence-electron chi connectivity index (χ2n) is 12.1. The Labute approximate surface area is 268 Å². The van der Waals surface area contributed by atoms with Crippen LogP contribution in [0.25, 0.3) is 77.9 Å². The lowest BCUT2D eigenvalue weighted by Crippen LogP contribution is -2.14. The third-order valence-electron chi connectivity index (χ3n) is 9.44. The zero-order valence-electron chi connectivity index (χ0n) is 25.2. The summed E-state index contributed by atoms with van der Waals surface area (Å²) in [7, 11) is 0. The van der Waals surface area contributed by atoms with Crippen molar-refractivity contribution in [2.75, 3.05) is 0 Å². The van der Waals surface area contributed by atoms with Gasteiger partial charge in [0.05, 0.1) is 5.69 Å². The predicted molar refractivity (Wildman–Crippen MR) is 193 cm³/mol. The van der Waals surface area contributed by atoms with Crippen molar-refractivity contribution in [3.05, 3.63) is 150 Å². The molecule has 10 rings (SSSR count). The van der Waals surface area contributed by atoms with E-state index in [4.69, 9.17) is 4.99 Å². The number of nitrogens with one attached hydrogen (secondary N) is 5. The van der Waals surface area contributed by atoms with Crippen LogP contribution in [-0.4, -0.2) is 31.1 Å². The van der Waals surface area contributed by atoms with Gasteiger partial charge in [0.25, 0.3) is 0 Å². The monoisotopic (exact) mass is 608 g/mol. The lowest BCUT2D eigenvalue weighted by atomic mass is 10.1. The van der Waals surface area contributed by atoms with E-state index in [2.05, 4.69) is 153 Å². The summed E-state index contributed by atoms with van der Waals surface area (Å²) < 4.78 is 0. The fraction of sp³-hybridized carbons (Fsp3) is 0. The maximum Gasteiger partial charge on any atom is 0.0709 e. The highest BCUT2D eigenvalue weighted by Gasteiger charge is 2.18. The number of H-pyrrole nitrogens is 5. The molecule has 0 aliphatic carbocycles. The highest BCUT2D eigenvalue weighted by Crippen LogP contribution is 2.37. The average molecular weight is 609 g/mol. The molecule has 1 aliphatic rings. The summed E-state index contributed by atoms with van der Waals surface area (Å²) in [6.07, 6.45) is 10.6. The molecule has 4 aromatic carbocycles. The number of aromatic amines is 5. The Morgan fingerprint density at radius 2 is 1.06 bits per heavy atom. The third kappa shape index (κ3) is 4.02. The first-order chi connectivity index (χ1) is 23.3. The lowest BCUT2D eigenvalue weighted by Gasteiger charge is -2.00. The summed E-state index contributed by atoms with van der Waals surface area (Å²) >= 11 is 0. The van der Waals surface area contributed by atoms with Crippen molar-refractivity contribution in [2.45, 2.75) is 0 Å². The van der Waals surface area contributed by atoms with Crippen LogP contribution < -0.4 is 10.7 Å². The minimum atomic E-state index is 0.991. The van der Waals surface area contributed by atoms with Gasteiger partial charge in [-0.05, 0) is 42.5 Å². The van der Waals surface area contributed by atoms with Crippen LogP contribution in [0.3, 0.4) is 0 Å². The third-order valence-corrected chi connectivity index (χ3v) is 9.44. The van der Waals surface area contributed by atoms with Gasteiger partial charge in [-0.15, -0.1) is 0 Å². The van der Waals surface area contributed by atoms with Gasteiger partial charge in [-0.3, -0.25) is 4.99 Å². The molecule has 0 bridgehead atoms. The maximum absolute atomic E-state index is 4.72. The fourth-order valence-corrected chi connectivity index (χ4v) is 7.16. The summed E-state index contributed by atoms with van der Waals surface area (Å²) in [6, 6.07) is 38.2. The summed E-state index contributed by atoms with van der Waals surface area (Å²) in [5.74, 6) is 0. The Balaban J connectivity index is 1.26. The number of benzene rings is 4. The molecule has 5 N–H and O–H groups in total. The molecule has 0 atom stereocenters. The molecule has 0 saturated carbocycles. The van der Waals surface area contributed by atoms with Crippen molar-refractivity contribution < 1.29 is 0 Å². The standard InChI is InChI=1S/C41H28N6/c1-5-13-34-24(9-1)30(20-42-34)28-17-38(32-22-44-36-15-7-3-11-26(32)36)46-40(28)19-41-29(31-21-43-35-14-6-2-10-25(31)35)18-39(47-41)33-23-45-37-16-8-4-12-27(33)37/h1-23,42-44,46-47H/b39-33+,41-19-/i17+1,18+1,28+1,29+1. The molecule has 0 radical (unpaired) electrons. The second kappa shape index (κ2) is 9.99. The largest absolute Gasteiger partial charge is 0.361 e. The number of para-hydroxylation sites is 4. The Hall–Kier alpha value is -6.53. The Kier molecular flexibility index (Phi) is 5.48. The molecule has 1 aliphatic heterocycles. The van der Waals surface area contributed by atoms with E-state index in [1.807, 2.05) is 12.3 Å². The van der Waals surface area contributed by atoms with Gasteiger partial charge in [0, 0.05) is 119 Å². The highest BCUT2D eigenvalue weighted by molar-refractivity contribution is 6.16. The van der Waals surface area contributed by atoms with E-state index in [0.29, 0.717) is 0 Å². The quantitative estimate of drug-likeness (QED) is 0.133. The minimum absolute atomic E-state index is 0.991. The topological polar surface area (TPSA) is 91.3 Å². The van der Waals surface area contributed by atoms with Crippen LogP contribution in [0.15, 0.2) is 133 Å². The van der Waals surface area contributed by atoms with E-state index in [1.165, 1.54) is 16.2 Å². The van der Waals surface area contributed by atoms with Crippen molar-refractivity contribution >= 4 is 56.3 Å². The van der Waals surface area contributed by atoms with Crippen molar-refractivity contribution in [2.24, 2.45) is 4.99 Å². The van der Waals surface area contributed by atoms with Gasteiger partial charge < -0.3 is 24.9 Å². The van der Waals surface area contributed by atoms with Gasteiger partial charge in [-0.1, -0.05) is 72.8 Å². The molecule has 0 amide bonds. The summed E-state index contributed by atoms with van der Waals surface area (Å²) in [6.45, 7) is 0. The second-order valence-corrected chi connectivity index (χ2v) is 12.1. The van der Waals surface area contributed by atoms with Crippen LogP contribution in [0.4, 0.5) is 5.69 Å². The SMILES string of the molecule is C1=Nc2ccccc2/C1=c1\[13cH][13c](-c2c[nH]c3ccccc23)/c(=C/c2[nH]c(-c3c[nH]c4ccccc34)[13cH][13c]2-c2c[nH]c3ccccc23)[nH]1. The minimum Gasteiger partial charge on any atom is -0.361 e. The first-order valence-corrected chi connectivity index (χ1v) is 15.8. The highest BCUT2D eigenvalue weighted by atomic mass is 14.9. The fourth-order valence-electron chi connectivity index (χ4n) is 7.16. The average Bonchev–Trinajstić information content (AvgIpc) is 3.96. The molecular weight excluding hydrogens is 580 g/mol. The molecule has 47 heavy (non-hydrogen) atoms. The van der Waals surface area contributed by atoms with Crippen LogP contribution in [0.5, 0.6) is 0 Å². The molecule has 6 heteroatoms. The zero-order chi connectivity index (χ0) is 30.9. The van der Waals surface area contributed by atoms with Crippen LogP contribution in [0.1, 0.15) is 11.3 Å². The number of rotatable bonds is 4. The van der Waals surface area contributed by atoms with Crippen LogP contribution in [0, 0.1) is 0 Å². The molecule has 222 valence electrons. The van der Waals surface area contributed by atoms with Crippen molar-refractivity contribution in [3.8, 4) is 33.5 Å². The van der Waals surface area contributed by atoms with Gasteiger partial charge in [0.15, 0.2) is 0 Å². The van der Waals surface area contributed by atoms with Crippen molar-refractivity contribution in [3.63, 3.8) is 0 Å². The first kappa shape index (κ1) is 25.8. The van der Waals surface area contributed by atoms with Crippen molar-refractivity contribution in [1.29, 1.82) is 0 Å². The van der Waals surface area contributed by atoms with Crippen LogP contribution >= 0.6 is 0 Å². The molecule has 0 saturated heterocycles. The molecule has 6 nitrogen and oxygen atoms in total. The zero-order valence-corrected chi connectivity index (χ0v) is 25.2. The Morgan fingerprint density at radius 3 is 1.77 bits per heavy atom. The lowest BCUT2D eigenvalue weighted by molar-refractivity contribution is 1.25. The molecule has 6 heterocycles. The summed E-state index contributed by atoms with van der Waals surface area (Å²) in [4.78, 5) is 22.8. The molecule has 9 aromatic rings. The van der Waals surface area contributed by atoms with Gasteiger partial charge in [0.1, 0.15) is 0 Å². The normalized spacial score (nSPS) is 14.3. The number of hydrogen-bond acceptors (Lipinski definition) is 1. The maximum atomic E-state index is 4.72. The number of nitrogens with zero attached hydrogens (tertiary/aromatic N) is 1. The van der Waals surface area contributed by atoms with E-state index >= 15 is 0 Å². The van der Waals surface area contributed by atoms with Crippen LogP contribution in [-0.2, 0) is 0 Å². The van der Waals surface area contributed by atoms with Crippen molar-refractivity contribution in [1.82, 2.24) is 24.9 Å². The van der Waals surface area contributed by atoms with Crippen LogP contribution in [0.2, 0.25) is 0 Å². The first-order valence-electron chi connectivity index (χ1n) is 15.8. The van der Waals surface area contributed by atoms with Gasteiger partial charge >= 0.3 is 0 Å². The van der Waals surface area contributed by atoms with E-state index in [-0.39, 0.29) is 0 Å².